The van der Waals surface area contributed by atoms with Crippen LogP contribution in [0, 0.1) is 11.3 Å². The summed E-state index contributed by atoms with van der Waals surface area (Å²) in [5.41, 5.74) is 1.75. The number of ether oxygens (including phenoxy) is 1. The van der Waals surface area contributed by atoms with Crippen molar-refractivity contribution in [3.63, 3.8) is 0 Å². The van der Waals surface area contributed by atoms with Crippen LogP contribution in [0.2, 0.25) is 0 Å². The summed E-state index contributed by atoms with van der Waals surface area (Å²) in [5, 5.41) is 8.12. The molecule has 3 aliphatic rings. The molecule has 0 radical (unpaired) electrons. The van der Waals surface area contributed by atoms with E-state index >= 15 is 0 Å². The second-order valence-corrected chi connectivity index (χ2v) is 7.77. The Kier molecular flexibility index (Phi) is 5.23. The number of fused-ring (bicyclic) bond motifs is 2. The van der Waals surface area contributed by atoms with Gasteiger partial charge in [-0.3, -0.25) is 4.99 Å². The molecule has 2 saturated carbocycles. The van der Waals surface area contributed by atoms with E-state index in [1.54, 1.807) is 11.3 Å². The summed E-state index contributed by atoms with van der Waals surface area (Å²) in [5.74, 6) is 1.71. The number of thiophene rings is 1. The largest absolute Gasteiger partial charge is 0.377 e. The highest BCUT2D eigenvalue weighted by Gasteiger charge is 2.66. The first kappa shape index (κ1) is 17.5. The van der Waals surface area contributed by atoms with Gasteiger partial charge < -0.3 is 15.0 Å². The number of halogens is 1. The van der Waals surface area contributed by atoms with Crippen LogP contribution in [0.5, 0.6) is 0 Å². The van der Waals surface area contributed by atoms with Crippen LogP contribution in [0.25, 0.3) is 0 Å². The Hall–Kier alpha value is -0.340. The molecule has 1 spiro atoms. The zero-order valence-electron chi connectivity index (χ0n) is 13.8. The maximum Gasteiger partial charge on any atom is 0.193 e. The van der Waals surface area contributed by atoms with Crippen molar-refractivity contribution in [1.82, 2.24) is 10.2 Å². The Morgan fingerprint density at radius 1 is 1.52 bits per heavy atom. The van der Waals surface area contributed by atoms with E-state index in [4.69, 9.17) is 4.74 Å². The van der Waals surface area contributed by atoms with E-state index in [9.17, 15) is 0 Å². The van der Waals surface area contributed by atoms with Crippen LogP contribution in [0.3, 0.4) is 0 Å². The third kappa shape index (κ3) is 2.80. The van der Waals surface area contributed by atoms with Crippen LogP contribution in [-0.4, -0.2) is 43.7 Å². The quantitative estimate of drug-likeness (QED) is 0.439. The number of hydrogen-bond acceptors (Lipinski definition) is 3. The van der Waals surface area contributed by atoms with Crippen LogP contribution < -0.4 is 5.32 Å². The molecule has 1 aliphatic heterocycles. The zero-order chi connectivity index (χ0) is 15.2. The van der Waals surface area contributed by atoms with Crippen molar-refractivity contribution in [2.45, 2.75) is 44.4 Å². The molecular weight excluding hydrogens is 421 g/mol. The SMILES string of the molecule is CN=C(NC1C2CCOC2C12CCC2)N(C)Cc1ccsc1.I. The van der Waals surface area contributed by atoms with Crippen LogP contribution in [0.15, 0.2) is 21.8 Å². The van der Waals surface area contributed by atoms with Crippen molar-refractivity contribution in [2.24, 2.45) is 16.3 Å². The molecule has 2 heterocycles. The maximum absolute atomic E-state index is 6.01. The van der Waals surface area contributed by atoms with Crippen LogP contribution in [0.4, 0.5) is 0 Å². The highest BCUT2D eigenvalue weighted by Crippen LogP contribution is 2.62. The first-order chi connectivity index (χ1) is 10.7. The van der Waals surface area contributed by atoms with E-state index < -0.39 is 0 Å². The number of aliphatic imine (C=N–C) groups is 1. The molecule has 3 unspecified atom stereocenters. The topological polar surface area (TPSA) is 36.9 Å². The Balaban J connectivity index is 0.00000156. The van der Waals surface area contributed by atoms with Gasteiger partial charge in [0.15, 0.2) is 5.96 Å². The molecule has 4 nitrogen and oxygen atoms in total. The third-order valence-corrected chi connectivity index (χ3v) is 6.63. The summed E-state index contributed by atoms with van der Waals surface area (Å²) in [7, 11) is 4.02. The van der Waals surface area contributed by atoms with Crippen molar-refractivity contribution in [2.75, 3.05) is 20.7 Å². The molecule has 128 valence electrons. The minimum absolute atomic E-state index is 0. The summed E-state index contributed by atoms with van der Waals surface area (Å²) < 4.78 is 6.01. The van der Waals surface area contributed by atoms with E-state index in [0.717, 1.165) is 19.1 Å². The van der Waals surface area contributed by atoms with Gasteiger partial charge in [0.05, 0.1) is 6.10 Å². The van der Waals surface area contributed by atoms with Gasteiger partial charge in [-0.1, -0.05) is 6.42 Å². The number of hydrogen-bond donors (Lipinski definition) is 1. The van der Waals surface area contributed by atoms with Gasteiger partial charge in [-0.25, -0.2) is 0 Å². The fourth-order valence-electron chi connectivity index (χ4n) is 4.67. The van der Waals surface area contributed by atoms with Gasteiger partial charge in [0.1, 0.15) is 0 Å². The average Bonchev–Trinajstić information content (AvgIpc) is 3.09. The van der Waals surface area contributed by atoms with E-state index in [2.05, 4.69) is 39.1 Å². The standard InChI is InChI=1S/C17H25N3OS.HI/c1-18-16(20(2)10-12-5-9-22-11-12)19-14-13-4-8-21-15(13)17(14)6-3-7-17;/h5,9,11,13-15H,3-4,6-8,10H2,1-2H3,(H,18,19);1H. The Labute approximate surface area is 159 Å². The van der Waals surface area contributed by atoms with Gasteiger partial charge >= 0.3 is 0 Å². The van der Waals surface area contributed by atoms with Crippen molar-refractivity contribution in [3.8, 4) is 0 Å². The van der Waals surface area contributed by atoms with Gasteiger partial charge in [-0.15, -0.1) is 24.0 Å². The lowest BCUT2D eigenvalue weighted by atomic mass is 9.46. The van der Waals surface area contributed by atoms with Gasteiger partial charge in [0.25, 0.3) is 0 Å². The lowest BCUT2D eigenvalue weighted by Crippen LogP contribution is -2.72. The predicted octanol–water partition coefficient (Wildman–Crippen LogP) is 3.33. The van der Waals surface area contributed by atoms with Crippen molar-refractivity contribution in [1.29, 1.82) is 0 Å². The fraction of sp³-hybridized carbons (Fsp3) is 0.706. The highest BCUT2D eigenvalue weighted by atomic mass is 127. The number of nitrogens with zero attached hydrogens (tertiary/aromatic N) is 2. The van der Waals surface area contributed by atoms with E-state index in [0.29, 0.717) is 23.5 Å². The normalized spacial score (nSPS) is 30.9. The molecule has 1 saturated heterocycles. The molecule has 4 rings (SSSR count). The molecule has 0 amide bonds. The molecule has 1 N–H and O–H groups in total. The molecule has 2 aliphatic carbocycles. The molecule has 3 fully saturated rings. The lowest BCUT2D eigenvalue weighted by Gasteiger charge is -2.63. The minimum Gasteiger partial charge on any atom is -0.377 e. The van der Waals surface area contributed by atoms with Crippen molar-refractivity contribution < 1.29 is 4.74 Å². The third-order valence-electron chi connectivity index (χ3n) is 5.89. The Bertz CT molecular complexity index is 558. The first-order valence-electron chi connectivity index (χ1n) is 8.32. The summed E-state index contributed by atoms with van der Waals surface area (Å²) in [6, 6.07) is 2.74. The molecule has 23 heavy (non-hydrogen) atoms. The second kappa shape index (κ2) is 6.88. The smallest absolute Gasteiger partial charge is 0.193 e. The number of nitrogens with one attached hydrogen (secondary N) is 1. The van der Waals surface area contributed by atoms with Crippen molar-refractivity contribution in [3.05, 3.63) is 22.4 Å². The lowest BCUT2D eigenvalue weighted by molar-refractivity contribution is -0.171. The van der Waals surface area contributed by atoms with Gasteiger partial charge in [0.2, 0.25) is 0 Å². The van der Waals surface area contributed by atoms with E-state index in [1.165, 1.54) is 31.2 Å². The molecule has 1 aromatic rings. The monoisotopic (exact) mass is 447 g/mol. The molecule has 1 aromatic heterocycles. The maximum atomic E-state index is 6.01. The van der Waals surface area contributed by atoms with Gasteiger partial charge in [-0.2, -0.15) is 11.3 Å². The summed E-state index contributed by atoms with van der Waals surface area (Å²) in [6.07, 6.45) is 5.71. The van der Waals surface area contributed by atoms with Crippen LogP contribution >= 0.6 is 35.3 Å². The Morgan fingerprint density at radius 3 is 2.96 bits per heavy atom. The van der Waals surface area contributed by atoms with E-state index in [1.807, 2.05) is 7.05 Å². The van der Waals surface area contributed by atoms with Crippen molar-refractivity contribution >= 4 is 41.3 Å². The summed E-state index contributed by atoms with van der Waals surface area (Å²) in [6.45, 7) is 1.85. The summed E-state index contributed by atoms with van der Waals surface area (Å²) in [4.78, 5) is 6.76. The Morgan fingerprint density at radius 2 is 2.35 bits per heavy atom. The van der Waals surface area contributed by atoms with E-state index in [-0.39, 0.29) is 24.0 Å². The van der Waals surface area contributed by atoms with Crippen LogP contribution in [-0.2, 0) is 11.3 Å². The average molecular weight is 447 g/mol. The molecular formula is C17H26IN3OS. The zero-order valence-corrected chi connectivity index (χ0v) is 17.0. The number of guanidine groups is 1. The van der Waals surface area contributed by atoms with Crippen LogP contribution in [0.1, 0.15) is 31.2 Å². The number of rotatable bonds is 3. The first-order valence-corrected chi connectivity index (χ1v) is 9.26. The second-order valence-electron chi connectivity index (χ2n) is 6.99. The van der Waals surface area contributed by atoms with Gasteiger partial charge in [-0.05, 0) is 41.7 Å². The molecule has 3 atom stereocenters. The summed E-state index contributed by atoms with van der Waals surface area (Å²) >= 11 is 1.75. The molecule has 6 heteroatoms. The minimum atomic E-state index is 0. The molecule has 0 bridgehead atoms. The highest BCUT2D eigenvalue weighted by molar-refractivity contribution is 14.0. The fourth-order valence-corrected chi connectivity index (χ4v) is 5.33. The predicted molar refractivity (Wildman–Crippen MR) is 106 cm³/mol. The molecule has 0 aromatic carbocycles. The van der Waals surface area contributed by atoms with Gasteiger partial charge in [0, 0.05) is 44.6 Å².